The highest BCUT2D eigenvalue weighted by molar-refractivity contribution is 9.10. The summed E-state index contributed by atoms with van der Waals surface area (Å²) in [5.41, 5.74) is 0.582. The van der Waals surface area contributed by atoms with Crippen LogP contribution < -0.4 is 5.32 Å². The summed E-state index contributed by atoms with van der Waals surface area (Å²) in [6.07, 6.45) is 5.24. The number of carbonyl (C=O) groups excluding carboxylic acids is 1. The number of carbonyl (C=O) groups is 1. The SMILES string of the molecule is O=C(NC1CCOC1C1CC1)c1cccnc1Br. The molecule has 1 saturated heterocycles. The molecule has 2 fully saturated rings. The first kappa shape index (κ1) is 12.1. The van der Waals surface area contributed by atoms with E-state index in [0.717, 1.165) is 13.0 Å². The van der Waals surface area contributed by atoms with Gasteiger partial charge in [0, 0.05) is 12.8 Å². The molecule has 1 N–H and O–H groups in total. The highest BCUT2D eigenvalue weighted by atomic mass is 79.9. The van der Waals surface area contributed by atoms with Crippen molar-refractivity contribution in [2.45, 2.75) is 31.4 Å². The maximum atomic E-state index is 12.2. The van der Waals surface area contributed by atoms with Crippen molar-refractivity contribution in [3.8, 4) is 0 Å². The largest absolute Gasteiger partial charge is 0.376 e. The van der Waals surface area contributed by atoms with Crippen molar-refractivity contribution in [2.75, 3.05) is 6.61 Å². The van der Waals surface area contributed by atoms with Gasteiger partial charge in [0.05, 0.1) is 17.7 Å². The molecule has 2 aliphatic rings. The lowest BCUT2D eigenvalue weighted by atomic mass is 10.1. The Bertz CT molecular complexity index is 462. The zero-order valence-electron chi connectivity index (χ0n) is 9.93. The van der Waals surface area contributed by atoms with Gasteiger partial charge in [-0.25, -0.2) is 4.98 Å². The third-order valence-corrected chi connectivity index (χ3v) is 4.17. The van der Waals surface area contributed by atoms with Crippen molar-refractivity contribution in [3.63, 3.8) is 0 Å². The van der Waals surface area contributed by atoms with Gasteiger partial charge < -0.3 is 10.1 Å². The number of amides is 1. The lowest BCUT2D eigenvalue weighted by molar-refractivity contribution is 0.0729. The van der Waals surface area contributed by atoms with Gasteiger partial charge in [0.2, 0.25) is 0 Å². The van der Waals surface area contributed by atoms with Crippen LogP contribution in [0.3, 0.4) is 0 Å². The molecule has 3 rings (SSSR count). The van der Waals surface area contributed by atoms with Gasteiger partial charge in [0.25, 0.3) is 5.91 Å². The zero-order chi connectivity index (χ0) is 12.5. The second-order valence-electron chi connectivity index (χ2n) is 4.88. The van der Waals surface area contributed by atoms with Gasteiger partial charge in [-0.3, -0.25) is 4.79 Å². The summed E-state index contributed by atoms with van der Waals surface area (Å²) in [7, 11) is 0. The first-order chi connectivity index (χ1) is 8.75. The molecule has 2 atom stereocenters. The van der Waals surface area contributed by atoms with Gasteiger partial charge in [0.15, 0.2) is 0 Å². The van der Waals surface area contributed by atoms with E-state index in [1.807, 2.05) is 0 Å². The fourth-order valence-electron chi connectivity index (χ4n) is 2.46. The Kier molecular flexibility index (Phi) is 3.35. The molecule has 0 spiro atoms. The van der Waals surface area contributed by atoms with Gasteiger partial charge in [-0.2, -0.15) is 0 Å². The number of ether oxygens (including phenoxy) is 1. The van der Waals surface area contributed by atoms with Gasteiger partial charge in [-0.1, -0.05) is 0 Å². The average molecular weight is 311 g/mol. The minimum absolute atomic E-state index is 0.0730. The van der Waals surface area contributed by atoms with Crippen molar-refractivity contribution < 1.29 is 9.53 Å². The molecular formula is C13H15BrN2O2. The van der Waals surface area contributed by atoms with E-state index in [4.69, 9.17) is 4.74 Å². The molecule has 1 aromatic heterocycles. The Balaban J connectivity index is 1.69. The summed E-state index contributed by atoms with van der Waals surface area (Å²) in [4.78, 5) is 16.2. The number of pyridine rings is 1. The molecule has 2 heterocycles. The number of halogens is 1. The third-order valence-electron chi connectivity index (χ3n) is 3.54. The minimum Gasteiger partial charge on any atom is -0.376 e. The Morgan fingerprint density at radius 1 is 1.44 bits per heavy atom. The van der Waals surface area contributed by atoms with Crippen molar-refractivity contribution in [3.05, 3.63) is 28.5 Å². The van der Waals surface area contributed by atoms with Crippen LogP contribution >= 0.6 is 15.9 Å². The Morgan fingerprint density at radius 3 is 3.00 bits per heavy atom. The van der Waals surface area contributed by atoms with E-state index in [2.05, 4.69) is 26.2 Å². The van der Waals surface area contributed by atoms with Gasteiger partial charge in [0.1, 0.15) is 4.60 Å². The summed E-state index contributed by atoms with van der Waals surface area (Å²) in [6.45, 7) is 0.750. The summed E-state index contributed by atoms with van der Waals surface area (Å²) in [6, 6.07) is 3.69. The zero-order valence-corrected chi connectivity index (χ0v) is 11.5. The molecule has 1 amide bonds. The summed E-state index contributed by atoms with van der Waals surface area (Å²) >= 11 is 3.30. The normalized spacial score (nSPS) is 27.2. The standard InChI is InChI=1S/C13H15BrN2O2/c14-12-9(2-1-6-15-12)13(17)16-10-5-7-18-11(10)8-3-4-8/h1-2,6,8,10-11H,3-5,7H2,(H,16,17). The van der Waals surface area contributed by atoms with Crippen LogP contribution in [0.5, 0.6) is 0 Å². The van der Waals surface area contributed by atoms with Crippen LogP contribution in [0, 0.1) is 5.92 Å². The topological polar surface area (TPSA) is 51.2 Å². The second-order valence-corrected chi connectivity index (χ2v) is 5.63. The van der Waals surface area contributed by atoms with Crippen molar-refractivity contribution >= 4 is 21.8 Å². The smallest absolute Gasteiger partial charge is 0.254 e. The molecule has 18 heavy (non-hydrogen) atoms. The fourth-order valence-corrected chi connectivity index (χ4v) is 2.89. The van der Waals surface area contributed by atoms with Gasteiger partial charge in [-0.15, -0.1) is 0 Å². The highest BCUT2D eigenvalue weighted by Gasteiger charge is 2.41. The summed E-state index contributed by atoms with van der Waals surface area (Å²) < 4.78 is 6.30. The van der Waals surface area contributed by atoms with E-state index < -0.39 is 0 Å². The van der Waals surface area contributed by atoms with E-state index in [0.29, 0.717) is 16.1 Å². The maximum absolute atomic E-state index is 12.2. The molecule has 0 bridgehead atoms. The predicted octanol–water partition coefficient (Wildman–Crippen LogP) is 2.14. The third kappa shape index (κ3) is 2.42. The Hall–Kier alpha value is -0.940. The number of aromatic nitrogens is 1. The van der Waals surface area contributed by atoms with E-state index >= 15 is 0 Å². The first-order valence-corrected chi connectivity index (χ1v) is 7.08. The van der Waals surface area contributed by atoms with Crippen LogP contribution in [0.25, 0.3) is 0 Å². The van der Waals surface area contributed by atoms with Gasteiger partial charge >= 0.3 is 0 Å². The summed E-state index contributed by atoms with van der Waals surface area (Å²) in [5.74, 6) is 0.575. The minimum atomic E-state index is -0.0730. The Morgan fingerprint density at radius 2 is 2.28 bits per heavy atom. The second kappa shape index (κ2) is 4.97. The van der Waals surface area contributed by atoms with Crippen molar-refractivity contribution in [1.29, 1.82) is 0 Å². The molecule has 4 nitrogen and oxygen atoms in total. The van der Waals surface area contributed by atoms with Crippen LogP contribution in [-0.4, -0.2) is 29.6 Å². The molecular weight excluding hydrogens is 296 g/mol. The van der Waals surface area contributed by atoms with Crippen molar-refractivity contribution in [1.82, 2.24) is 10.3 Å². The molecule has 5 heteroatoms. The molecule has 1 aliphatic heterocycles. The Labute approximate surface area is 114 Å². The lowest BCUT2D eigenvalue weighted by Gasteiger charge is -2.19. The number of rotatable bonds is 3. The van der Waals surface area contributed by atoms with Crippen LogP contribution in [-0.2, 0) is 4.74 Å². The van der Waals surface area contributed by atoms with E-state index in [1.54, 1.807) is 18.3 Å². The van der Waals surface area contributed by atoms with E-state index in [1.165, 1.54) is 12.8 Å². The number of hydrogen-bond donors (Lipinski definition) is 1. The number of nitrogens with one attached hydrogen (secondary N) is 1. The molecule has 0 radical (unpaired) electrons. The quantitative estimate of drug-likeness (QED) is 0.870. The van der Waals surface area contributed by atoms with Crippen LogP contribution in [0.2, 0.25) is 0 Å². The molecule has 0 aromatic carbocycles. The summed E-state index contributed by atoms with van der Waals surface area (Å²) in [5, 5.41) is 3.07. The van der Waals surface area contributed by atoms with Gasteiger partial charge in [-0.05, 0) is 53.2 Å². The number of nitrogens with zero attached hydrogens (tertiary/aromatic N) is 1. The van der Waals surface area contributed by atoms with Crippen LogP contribution in [0.1, 0.15) is 29.6 Å². The molecule has 1 aromatic rings. The fraction of sp³-hybridized carbons (Fsp3) is 0.538. The lowest BCUT2D eigenvalue weighted by Crippen LogP contribution is -2.41. The monoisotopic (exact) mass is 310 g/mol. The first-order valence-electron chi connectivity index (χ1n) is 6.28. The van der Waals surface area contributed by atoms with Crippen molar-refractivity contribution in [2.24, 2.45) is 5.92 Å². The van der Waals surface area contributed by atoms with E-state index in [9.17, 15) is 4.79 Å². The van der Waals surface area contributed by atoms with E-state index in [-0.39, 0.29) is 18.1 Å². The van der Waals surface area contributed by atoms with Crippen LogP contribution in [0.15, 0.2) is 22.9 Å². The number of hydrogen-bond acceptors (Lipinski definition) is 3. The molecule has 1 aliphatic carbocycles. The highest BCUT2D eigenvalue weighted by Crippen LogP contribution is 2.38. The molecule has 96 valence electrons. The molecule has 2 unspecified atom stereocenters. The average Bonchev–Trinajstić information content (AvgIpc) is 3.11. The predicted molar refractivity (Wildman–Crippen MR) is 70.3 cm³/mol. The molecule has 1 saturated carbocycles. The van der Waals surface area contributed by atoms with Crippen LogP contribution in [0.4, 0.5) is 0 Å². The maximum Gasteiger partial charge on any atom is 0.254 e.